The average Bonchev–Trinajstić information content (AvgIpc) is 3.34. The van der Waals surface area contributed by atoms with E-state index < -0.39 is 0 Å². The summed E-state index contributed by atoms with van der Waals surface area (Å²) in [6.45, 7) is 4.42. The zero-order valence-electron chi connectivity index (χ0n) is 16.4. The smallest absolute Gasteiger partial charge is 0.292 e. The van der Waals surface area contributed by atoms with Crippen molar-refractivity contribution in [3.05, 3.63) is 60.3 Å². The molecule has 1 N–H and O–H groups in total. The predicted molar refractivity (Wildman–Crippen MR) is 109 cm³/mol. The molecule has 1 atom stereocenters. The molecule has 0 saturated carbocycles. The zero-order valence-corrected chi connectivity index (χ0v) is 16.4. The number of carbonyl (C=O) groups excluding carboxylic acids is 1. The molecule has 1 fully saturated rings. The first kappa shape index (κ1) is 18.5. The summed E-state index contributed by atoms with van der Waals surface area (Å²) < 4.78 is 7.14. The van der Waals surface area contributed by atoms with Crippen LogP contribution in [0.3, 0.4) is 0 Å². The number of aromatic nitrogens is 2. The van der Waals surface area contributed by atoms with Crippen LogP contribution in [-0.4, -0.2) is 33.2 Å². The molecule has 0 radical (unpaired) electrons. The minimum absolute atomic E-state index is 0.263. The molecule has 0 aliphatic carbocycles. The van der Waals surface area contributed by atoms with Gasteiger partial charge >= 0.3 is 0 Å². The standard InChI is InChI=1S/C22H26N4O2/c1-16-5-3-4-11-26(16)14-17-6-8-19(9-7-17)24-22(27)21-20(10-12-28-21)18-13-23-25(2)15-18/h6-10,12-13,15-16H,3-5,11,14H2,1-2H3,(H,24,27). The number of nitrogens with one attached hydrogen (secondary N) is 1. The summed E-state index contributed by atoms with van der Waals surface area (Å²) in [5, 5.41) is 7.09. The highest BCUT2D eigenvalue weighted by atomic mass is 16.3. The molecule has 0 bridgehead atoms. The lowest BCUT2D eigenvalue weighted by molar-refractivity contribution is 0.0997. The van der Waals surface area contributed by atoms with E-state index in [1.807, 2.05) is 25.4 Å². The second kappa shape index (κ2) is 8.02. The monoisotopic (exact) mass is 378 g/mol. The number of hydrogen-bond acceptors (Lipinski definition) is 4. The molecule has 3 aromatic rings. The van der Waals surface area contributed by atoms with Gasteiger partial charge in [0.15, 0.2) is 5.76 Å². The van der Waals surface area contributed by atoms with Crippen molar-refractivity contribution in [2.45, 2.75) is 38.8 Å². The number of rotatable bonds is 5. The Kier molecular flexibility index (Phi) is 5.30. The van der Waals surface area contributed by atoms with Crippen LogP contribution in [0.1, 0.15) is 42.3 Å². The zero-order chi connectivity index (χ0) is 19.5. The van der Waals surface area contributed by atoms with E-state index in [1.165, 1.54) is 31.1 Å². The summed E-state index contributed by atoms with van der Waals surface area (Å²) in [4.78, 5) is 15.2. The number of anilines is 1. The SMILES string of the molecule is CC1CCCCN1Cc1ccc(NC(=O)c2occc2-c2cnn(C)c2)cc1. The number of piperidine rings is 1. The second-order valence-electron chi connectivity index (χ2n) is 7.53. The summed E-state index contributed by atoms with van der Waals surface area (Å²) >= 11 is 0. The number of benzene rings is 1. The number of likely N-dealkylation sites (tertiary alicyclic amines) is 1. The highest BCUT2D eigenvalue weighted by Crippen LogP contribution is 2.25. The normalized spacial score (nSPS) is 17.6. The average molecular weight is 378 g/mol. The van der Waals surface area contributed by atoms with Crippen LogP contribution in [-0.2, 0) is 13.6 Å². The molecular formula is C22H26N4O2. The van der Waals surface area contributed by atoms with Gasteiger partial charge in [0.1, 0.15) is 0 Å². The van der Waals surface area contributed by atoms with Crippen LogP contribution < -0.4 is 5.32 Å². The molecular weight excluding hydrogens is 352 g/mol. The van der Waals surface area contributed by atoms with Crippen molar-refractivity contribution in [2.75, 3.05) is 11.9 Å². The molecule has 1 aliphatic heterocycles. The molecule has 6 heteroatoms. The molecule has 6 nitrogen and oxygen atoms in total. The third-order valence-electron chi connectivity index (χ3n) is 5.43. The topological polar surface area (TPSA) is 63.3 Å². The van der Waals surface area contributed by atoms with Crippen LogP contribution in [0, 0.1) is 0 Å². The van der Waals surface area contributed by atoms with Gasteiger partial charge in [-0.2, -0.15) is 5.10 Å². The summed E-state index contributed by atoms with van der Waals surface area (Å²) in [5.41, 5.74) is 3.61. The molecule has 3 heterocycles. The number of nitrogens with zero attached hydrogens (tertiary/aromatic N) is 3. The van der Waals surface area contributed by atoms with Gasteiger partial charge in [-0.1, -0.05) is 18.6 Å². The Morgan fingerprint density at radius 2 is 2.07 bits per heavy atom. The van der Waals surface area contributed by atoms with Gasteiger partial charge in [0.05, 0.1) is 12.5 Å². The number of hydrogen-bond donors (Lipinski definition) is 1. The highest BCUT2D eigenvalue weighted by Gasteiger charge is 2.19. The fraction of sp³-hybridized carbons (Fsp3) is 0.364. The Hall–Kier alpha value is -2.86. The number of amides is 1. The largest absolute Gasteiger partial charge is 0.459 e. The van der Waals surface area contributed by atoms with Crippen LogP contribution in [0.25, 0.3) is 11.1 Å². The molecule has 1 aromatic carbocycles. The third-order valence-corrected chi connectivity index (χ3v) is 5.43. The van der Waals surface area contributed by atoms with Gasteiger partial charge in [-0.25, -0.2) is 0 Å². The Balaban J connectivity index is 1.42. The Morgan fingerprint density at radius 1 is 1.25 bits per heavy atom. The van der Waals surface area contributed by atoms with Gasteiger partial charge in [-0.15, -0.1) is 0 Å². The van der Waals surface area contributed by atoms with Gasteiger partial charge in [0, 0.05) is 42.6 Å². The van der Waals surface area contributed by atoms with Crippen molar-refractivity contribution in [3.63, 3.8) is 0 Å². The summed E-state index contributed by atoms with van der Waals surface area (Å²) in [7, 11) is 1.84. The molecule has 1 unspecified atom stereocenters. The fourth-order valence-electron chi connectivity index (χ4n) is 3.78. The highest BCUT2D eigenvalue weighted by molar-refractivity contribution is 6.06. The van der Waals surface area contributed by atoms with Crippen molar-refractivity contribution in [2.24, 2.45) is 7.05 Å². The van der Waals surface area contributed by atoms with E-state index in [1.54, 1.807) is 16.9 Å². The van der Waals surface area contributed by atoms with E-state index >= 15 is 0 Å². The molecule has 0 spiro atoms. The van der Waals surface area contributed by atoms with Gasteiger partial charge in [-0.3, -0.25) is 14.4 Å². The quantitative estimate of drug-likeness (QED) is 0.719. The lowest BCUT2D eigenvalue weighted by atomic mass is 10.0. The van der Waals surface area contributed by atoms with Gasteiger partial charge in [0.25, 0.3) is 5.91 Å². The van der Waals surface area contributed by atoms with Crippen molar-refractivity contribution in [1.29, 1.82) is 0 Å². The van der Waals surface area contributed by atoms with E-state index in [-0.39, 0.29) is 5.91 Å². The first-order valence-corrected chi connectivity index (χ1v) is 9.81. The van der Waals surface area contributed by atoms with Crippen LogP contribution >= 0.6 is 0 Å². The van der Waals surface area contributed by atoms with Crippen LogP contribution in [0.5, 0.6) is 0 Å². The maximum Gasteiger partial charge on any atom is 0.292 e. The van der Waals surface area contributed by atoms with Gasteiger partial charge in [-0.05, 0) is 50.1 Å². The van der Waals surface area contributed by atoms with E-state index in [2.05, 4.69) is 34.4 Å². The van der Waals surface area contributed by atoms with E-state index in [0.29, 0.717) is 11.8 Å². The molecule has 1 aliphatic rings. The maximum atomic E-state index is 12.7. The minimum atomic E-state index is -0.263. The van der Waals surface area contributed by atoms with Crippen molar-refractivity contribution < 1.29 is 9.21 Å². The van der Waals surface area contributed by atoms with Gasteiger partial charge in [0.2, 0.25) is 0 Å². The lowest BCUT2D eigenvalue weighted by Crippen LogP contribution is -2.36. The van der Waals surface area contributed by atoms with Gasteiger partial charge < -0.3 is 9.73 Å². The Morgan fingerprint density at radius 3 is 2.79 bits per heavy atom. The van der Waals surface area contributed by atoms with Crippen molar-refractivity contribution >= 4 is 11.6 Å². The van der Waals surface area contributed by atoms with Crippen molar-refractivity contribution in [3.8, 4) is 11.1 Å². The number of aryl methyl sites for hydroxylation is 1. The molecule has 28 heavy (non-hydrogen) atoms. The van der Waals surface area contributed by atoms with Crippen LogP contribution in [0.4, 0.5) is 5.69 Å². The molecule has 4 rings (SSSR count). The van der Waals surface area contributed by atoms with Crippen LogP contribution in [0.2, 0.25) is 0 Å². The Bertz CT molecular complexity index is 942. The minimum Gasteiger partial charge on any atom is -0.459 e. The van der Waals surface area contributed by atoms with Crippen LogP contribution in [0.15, 0.2) is 53.4 Å². The molecule has 1 amide bonds. The predicted octanol–water partition coefficient (Wildman–Crippen LogP) is 4.31. The van der Waals surface area contributed by atoms with E-state index in [4.69, 9.17) is 4.42 Å². The first-order valence-electron chi connectivity index (χ1n) is 9.81. The summed E-state index contributed by atoms with van der Waals surface area (Å²) in [5.74, 6) is 0.0282. The maximum absolute atomic E-state index is 12.7. The van der Waals surface area contributed by atoms with E-state index in [0.717, 1.165) is 29.9 Å². The van der Waals surface area contributed by atoms with Crippen molar-refractivity contribution in [1.82, 2.24) is 14.7 Å². The third kappa shape index (κ3) is 4.02. The summed E-state index contributed by atoms with van der Waals surface area (Å²) in [6.07, 6.45) is 8.99. The lowest BCUT2D eigenvalue weighted by Gasteiger charge is -2.33. The molecule has 2 aromatic heterocycles. The first-order chi connectivity index (χ1) is 13.6. The number of carbonyl (C=O) groups is 1. The van der Waals surface area contributed by atoms with E-state index in [9.17, 15) is 4.79 Å². The Labute approximate surface area is 165 Å². The summed E-state index contributed by atoms with van der Waals surface area (Å²) in [6, 6.07) is 10.5. The number of furan rings is 1. The fourth-order valence-corrected chi connectivity index (χ4v) is 3.78. The molecule has 1 saturated heterocycles. The molecule has 146 valence electrons. The second-order valence-corrected chi connectivity index (χ2v) is 7.53.